The predicted octanol–water partition coefficient (Wildman–Crippen LogP) is 1.90. The van der Waals surface area contributed by atoms with Crippen LogP contribution in [0.4, 0.5) is 0 Å². The van der Waals surface area contributed by atoms with Gasteiger partial charge in [0, 0.05) is 12.0 Å². The van der Waals surface area contributed by atoms with E-state index in [-0.39, 0.29) is 6.04 Å². The van der Waals surface area contributed by atoms with Gasteiger partial charge in [0.05, 0.1) is 13.7 Å². The lowest BCUT2D eigenvalue weighted by Gasteiger charge is -2.29. The van der Waals surface area contributed by atoms with Crippen LogP contribution in [0.3, 0.4) is 0 Å². The van der Waals surface area contributed by atoms with Gasteiger partial charge in [0.25, 0.3) is 0 Å². The first-order chi connectivity index (χ1) is 7.61. The fourth-order valence-electron chi connectivity index (χ4n) is 2.15. The maximum Gasteiger partial charge on any atom is 0.164 e. The van der Waals surface area contributed by atoms with Gasteiger partial charge in [-0.1, -0.05) is 6.07 Å². The molecule has 16 heavy (non-hydrogen) atoms. The summed E-state index contributed by atoms with van der Waals surface area (Å²) >= 11 is 0. The Kier molecular flexibility index (Phi) is 3.06. The SMILES string of the molecule is COc1cc(C)cc2c1OCC([C@H](C)N)C2. The van der Waals surface area contributed by atoms with Crippen LogP contribution in [-0.2, 0) is 6.42 Å². The van der Waals surface area contributed by atoms with Crippen LogP contribution in [-0.4, -0.2) is 19.8 Å². The number of ether oxygens (including phenoxy) is 2. The molecule has 1 aliphatic rings. The van der Waals surface area contributed by atoms with Gasteiger partial charge in [0.15, 0.2) is 11.5 Å². The zero-order valence-electron chi connectivity index (χ0n) is 10.1. The Labute approximate surface area is 96.5 Å². The summed E-state index contributed by atoms with van der Waals surface area (Å²) in [6, 6.07) is 4.33. The molecule has 1 heterocycles. The van der Waals surface area contributed by atoms with E-state index in [1.807, 2.05) is 13.0 Å². The van der Waals surface area contributed by atoms with Crippen molar-refractivity contribution in [1.82, 2.24) is 0 Å². The van der Waals surface area contributed by atoms with Gasteiger partial charge >= 0.3 is 0 Å². The number of nitrogens with two attached hydrogens (primary N) is 1. The maximum atomic E-state index is 5.92. The average Bonchev–Trinajstić information content (AvgIpc) is 2.26. The quantitative estimate of drug-likeness (QED) is 0.829. The molecule has 1 unspecified atom stereocenters. The summed E-state index contributed by atoms with van der Waals surface area (Å²) in [5, 5.41) is 0. The molecule has 3 heteroatoms. The van der Waals surface area contributed by atoms with Gasteiger partial charge in [-0.2, -0.15) is 0 Å². The molecule has 1 aromatic carbocycles. The van der Waals surface area contributed by atoms with Crippen LogP contribution in [0, 0.1) is 12.8 Å². The molecule has 0 spiro atoms. The molecule has 0 bridgehead atoms. The summed E-state index contributed by atoms with van der Waals surface area (Å²) in [6.07, 6.45) is 0.977. The summed E-state index contributed by atoms with van der Waals surface area (Å²) in [6.45, 7) is 4.79. The Hall–Kier alpha value is -1.22. The highest BCUT2D eigenvalue weighted by atomic mass is 16.5. The number of rotatable bonds is 2. The van der Waals surface area contributed by atoms with E-state index in [4.69, 9.17) is 15.2 Å². The van der Waals surface area contributed by atoms with Crippen LogP contribution in [0.5, 0.6) is 11.5 Å². The van der Waals surface area contributed by atoms with Crippen molar-refractivity contribution in [3.05, 3.63) is 23.3 Å². The first-order valence-electron chi connectivity index (χ1n) is 5.67. The second kappa shape index (κ2) is 4.34. The summed E-state index contributed by atoms with van der Waals surface area (Å²) in [5.74, 6) is 2.13. The fraction of sp³-hybridized carbons (Fsp3) is 0.538. The van der Waals surface area contributed by atoms with Crippen molar-refractivity contribution in [2.24, 2.45) is 11.7 Å². The molecule has 0 fully saturated rings. The van der Waals surface area contributed by atoms with Crippen molar-refractivity contribution >= 4 is 0 Å². The molecule has 2 rings (SSSR count). The molecular weight excluding hydrogens is 202 g/mol. The predicted molar refractivity (Wildman–Crippen MR) is 64.1 cm³/mol. The minimum atomic E-state index is 0.166. The second-order valence-corrected chi connectivity index (χ2v) is 4.59. The lowest BCUT2D eigenvalue weighted by Crippen LogP contribution is -2.35. The molecule has 1 aliphatic heterocycles. The molecule has 2 atom stereocenters. The minimum absolute atomic E-state index is 0.166. The van der Waals surface area contributed by atoms with Crippen LogP contribution in [0.15, 0.2) is 12.1 Å². The summed E-state index contributed by atoms with van der Waals surface area (Å²) in [7, 11) is 1.68. The van der Waals surface area contributed by atoms with Gasteiger partial charge in [0.2, 0.25) is 0 Å². The van der Waals surface area contributed by atoms with Crippen LogP contribution in [0.2, 0.25) is 0 Å². The molecule has 0 aliphatic carbocycles. The number of benzene rings is 1. The second-order valence-electron chi connectivity index (χ2n) is 4.59. The maximum absolute atomic E-state index is 5.92. The largest absolute Gasteiger partial charge is 0.493 e. The van der Waals surface area contributed by atoms with Crippen molar-refractivity contribution in [3.8, 4) is 11.5 Å². The van der Waals surface area contributed by atoms with E-state index in [1.165, 1.54) is 11.1 Å². The summed E-state index contributed by atoms with van der Waals surface area (Å²) in [4.78, 5) is 0. The normalized spacial score (nSPS) is 20.9. The Morgan fingerprint density at radius 3 is 2.88 bits per heavy atom. The smallest absolute Gasteiger partial charge is 0.164 e. The molecule has 0 amide bonds. The molecule has 0 radical (unpaired) electrons. The molecule has 3 nitrogen and oxygen atoms in total. The van der Waals surface area contributed by atoms with Crippen molar-refractivity contribution in [2.45, 2.75) is 26.3 Å². The molecule has 0 aromatic heterocycles. The van der Waals surface area contributed by atoms with Gasteiger partial charge in [0.1, 0.15) is 0 Å². The van der Waals surface area contributed by atoms with Crippen molar-refractivity contribution in [3.63, 3.8) is 0 Å². The standard InChI is InChI=1S/C13H19NO2/c1-8-4-10-6-11(9(2)14)7-16-13(10)12(5-8)15-3/h4-5,9,11H,6-7,14H2,1-3H3/t9-,11?/m0/s1. The molecule has 0 saturated carbocycles. The van der Waals surface area contributed by atoms with Crippen molar-refractivity contribution in [1.29, 1.82) is 0 Å². The topological polar surface area (TPSA) is 44.5 Å². The van der Waals surface area contributed by atoms with E-state index in [0.717, 1.165) is 17.9 Å². The highest BCUT2D eigenvalue weighted by molar-refractivity contribution is 5.50. The third-order valence-corrected chi connectivity index (χ3v) is 3.16. The average molecular weight is 221 g/mol. The Morgan fingerprint density at radius 2 is 2.25 bits per heavy atom. The lowest BCUT2D eigenvalue weighted by atomic mass is 9.91. The first-order valence-corrected chi connectivity index (χ1v) is 5.67. The fourth-order valence-corrected chi connectivity index (χ4v) is 2.15. The third-order valence-electron chi connectivity index (χ3n) is 3.16. The highest BCUT2D eigenvalue weighted by Crippen LogP contribution is 2.37. The monoisotopic (exact) mass is 221 g/mol. The van der Waals surface area contributed by atoms with Crippen molar-refractivity contribution in [2.75, 3.05) is 13.7 Å². The lowest BCUT2D eigenvalue weighted by molar-refractivity contribution is 0.196. The molecule has 1 aromatic rings. The van der Waals surface area contributed by atoms with Gasteiger partial charge in [-0.15, -0.1) is 0 Å². The van der Waals surface area contributed by atoms with E-state index in [1.54, 1.807) is 7.11 Å². The zero-order chi connectivity index (χ0) is 11.7. The highest BCUT2D eigenvalue weighted by Gasteiger charge is 2.25. The molecule has 88 valence electrons. The van der Waals surface area contributed by atoms with E-state index in [0.29, 0.717) is 12.5 Å². The molecular formula is C13H19NO2. The minimum Gasteiger partial charge on any atom is -0.493 e. The van der Waals surface area contributed by atoms with Gasteiger partial charge in [-0.05, 0) is 37.5 Å². The summed E-state index contributed by atoms with van der Waals surface area (Å²) in [5.41, 5.74) is 8.33. The van der Waals surface area contributed by atoms with E-state index in [2.05, 4.69) is 13.0 Å². The van der Waals surface area contributed by atoms with Gasteiger partial charge < -0.3 is 15.2 Å². The zero-order valence-corrected chi connectivity index (χ0v) is 10.1. The van der Waals surface area contributed by atoms with Crippen LogP contribution in [0.1, 0.15) is 18.1 Å². The number of methoxy groups -OCH3 is 1. The molecule has 0 saturated heterocycles. The van der Waals surface area contributed by atoms with Crippen molar-refractivity contribution < 1.29 is 9.47 Å². The Bertz CT molecular complexity index is 388. The Balaban J connectivity index is 2.35. The first kappa shape index (κ1) is 11.3. The van der Waals surface area contributed by atoms with Crippen LogP contribution >= 0.6 is 0 Å². The number of hydrogen-bond acceptors (Lipinski definition) is 3. The van der Waals surface area contributed by atoms with E-state index >= 15 is 0 Å². The number of hydrogen-bond donors (Lipinski definition) is 1. The van der Waals surface area contributed by atoms with Gasteiger partial charge in [-0.25, -0.2) is 0 Å². The Morgan fingerprint density at radius 1 is 1.50 bits per heavy atom. The van der Waals surface area contributed by atoms with E-state index in [9.17, 15) is 0 Å². The molecule has 2 N–H and O–H groups in total. The van der Waals surface area contributed by atoms with Crippen LogP contribution < -0.4 is 15.2 Å². The van der Waals surface area contributed by atoms with E-state index < -0.39 is 0 Å². The number of fused-ring (bicyclic) bond motifs is 1. The third kappa shape index (κ3) is 2.00. The van der Waals surface area contributed by atoms with Gasteiger partial charge in [-0.3, -0.25) is 0 Å². The summed E-state index contributed by atoms with van der Waals surface area (Å²) < 4.78 is 11.1. The number of aryl methyl sites for hydroxylation is 1. The van der Waals surface area contributed by atoms with Crippen LogP contribution in [0.25, 0.3) is 0 Å².